The van der Waals surface area contributed by atoms with E-state index in [0.29, 0.717) is 6.67 Å². The molecule has 0 amide bonds. The Morgan fingerprint density at radius 1 is 0.529 bits per heavy atom. The molecule has 2 heterocycles. The average Bonchev–Trinajstić information content (AvgIpc) is 3.75. The zero-order valence-electron chi connectivity index (χ0n) is 30.1. The minimum absolute atomic E-state index is 0.684. The van der Waals surface area contributed by atoms with Crippen LogP contribution in [0.1, 0.15) is 33.4 Å². The van der Waals surface area contributed by atoms with Crippen LogP contribution in [0.3, 0.4) is 0 Å². The molecule has 6 aromatic carbocycles. The van der Waals surface area contributed by atoms with Crippen LogP contribution < -0.4 is 14.5 Å². The summed E-state index contributed by atoms with van der Waals surface area (Å²) in [5.41, 5.74) is 18.0. The van der Waals surface area contributed by atoms with Crippen LogP contribution in [-0.2, 0) is 0 Å². The van der Waals surface area contributed by atoms with Gasteiger partial charge in [0.1, 0.15) is 18.2 Å². The lowest BCUT2D eigenvalue weighted by Gasteiger charge is -2.27. The SMILES string of the molecule is Cc1cc(C)c(-c2ccc(Oc3cccc(-n4cc(-c5ccccc5)cn4)c3)cc2N2CN(c3c(C)cc(C)cc3C)c3ccccc32)c(C)c1. The van der Waals surface area contributed by atoms with Crippen molar-refractivity contribution in [1.82, 2.24) is 9.78 Å². The van der Waals surface area contributed by atoms with E-state index in [2.05, 4.69) is 148 Å². The quantitative estimate of drug-likeness (QED) is 0.170. The number of anilines is 4. The van der Waals surface area contributed by atoms with Gasteiger partial charge in [-0.3, -0.25) is 0 Å². The fourth-order valence-electron chi connectivity index (χ4n) is 7.89. The molecule has 0 radical (unpaired) electrons. The fraction of sp³-hybridized carbons (Fsp3) is 0.152. The smallest absolute Gasteiger partial charge is 0.129 e. The second kappa shape index (κ2) is 13.0. The Hall–Kier alpha value is -6.07. The van der Waals surface area contributed by atoms with E-state index in [9.17, 15) is 0 Å². The van der Waals surface area contributed by atoms with Gasteiger partial charge in [-0.05, 0) is 111 Å². The summed E-state index contributed by atoms with van der Waals surface area (Å²) in [5, 5.41) is 4.67. The van der Waals surface area contributed by atoms with Crippen molar-refractivity contribution >= 4 is 22.7 Å². The van der Waals surface area contributed by atoms with Crippen LogP contribution in [0, 0.1) is 41.5 Å². The molecule has 0 saturated carbocycles. The van der Waals surface area contributed by atoms with Crippen molar-refractivity contribution < 1.29 is 4.74 Å². The zero-order valence-corrected chi connectivity index (χ0v) is 30.1. The van der Waals surface area contributed by atoms with Crippen LogP contribution in [-0.4, -0.2) is 16.4 Å². The van der Waals surface area contributed by atoms with Gasteiger partial charge in [-0.1, -0.05) is 83.9 Å². The zero-order chi connectivity index (χ0) is 35.2. The number of nitrogens with zero attached hydrogens (tertiary/aromatic N) is 4. The van der Waals surface area contributed by atoms with Gasteiger partial charge in [0.25, 0.3) is 0 Å². The highest BCUT2D eigenvalue weighted by atomic mass is 16.5. The van der Waals surface area contributed by atoms with Gasteiger partial charge < -0.3 is 14.5 Å². The number of fused-ring (bicyclic) bond motifs is 1. The van der Waals surface area contributed by atoms with E-state index < -0.39 is 0 Å². The van der Waals surface area contributed by atoms with E-state index in [1.165, 1.54) is 61.6 Å². The van der Waals surface area contributed by atoms with E-state index in [4.69, 9.17) is 4.74 Å². The Kier molecular flexibility index (Phi) is 8.19. The molecule has 0 N–H and O–H groups in total. The normalized spacial score (nSPS) is 12.4. The van der Waals surface area contributed by atoms with Crippen LogP contribution in [0.15, 0.2) is 134 Å². The number of hydrogen-bond donors (Lipinski definition) is 0. The van der Waals surface area contributed by atoms with Gasteiger partial charge in [-0.25, -0.2) is 4.68 Å². The first-order chi connectivity index (χ1) is 24.7. The van der Waals surface area contributed by atoms with E-state index in [1.807, 2.05) is 47.3 Å². The molecule has 0 saturated heterocycles. The molecule has 8 rings (SSSR count). The van der Waals surface area contributed by atoms with Gasteiger partial charge in [-0.15, -0.1) is 0 Å². The predicted molar refractivity (Wildman–Crippen MR) is 211 cm³/mol. The molecular formula is C46H42N4O. The number of hydrogen-bond acceptors (Lipinski definition) is 4. The fourth-order valence-corrected chi connectivity index (χ4v) is 7.89. The maximum Gasteiger partial charge on any atom is 0.129 e. The molecule has 1 aromatic heterocycles. The number of aryl methyl sites for hydroxylation is 6. The van der Waals surface area contributed by atoms with Crippen molar-refractivity contribution in [3.8, 4) is 39.4 Å². The highest BCUT2D eigenvalue weighted by molar-refractivity contribution is 5.94. The number of benzene rings is 6. The third-order valence-corrected chi connectivity index (χ3v) is 9.87. The topological polar surface area (TPSA) is 33.5 Å². The molecule has 1 aliphatic rings. The van der Waals surface area contributed by atoms with Crippen molar-refractivity contribution in [3.63, 3.8) is 0 Å². The third-order valence-electron chi connectivity index (χ3n) is 9.87. The first kappa shape index (κ1) is 32.2. The maximum absolute atomic E-state index is 6.67. The number of aromatic nitrogens is 2. The van der Waals surface area contributed by atoms with Gasteiger partial charge >= 0.3 is 0 Å². The molecular weight excluding hydrogens is 625 g/mol. The van der Waals surface area contributed by atoms with Crippen LogP contribution >= 0.6 is 0 Å². The average molecular weight is 667 g/mol. The number of ether oxygens (including phenoxy) is 1. The summed E-state index contributed by atoms with van der Waals surface area (Å²) in [6.45, 7) is 13.9. The van der Waals surface area contributed by atoms with Gasteiger partial charge in [0.2, 0.25) is 0 Å². The molecule has 0 fully saturated rings. The molecule has 1 aliphatic heterocycles. The summed E-state index contributed by atoms with van der Waals surface area (Å²) in [4.78, 5) is 4.91. The molecule has 0 spiro atoms. The summed E-state index contributed by atoms with van der Waals surface area (Å²) in [6, 6.07) is 42.8. The maximum atomic E-state index is 6.67. The summed E-state index contributed by atoms with van der Waals surface area (Å²) >= 11 is 0. The summed E-state index contributed by atoms with van der Waals surface area (Å²) < 4.78 is 8.57. The molecule has 5 heteroatoms. The first-order valence-electron chi connectivity index (χ1n) is 17.6. The molecule has 0 aliphatic carbocycles. The van der Waals surface area contributed by atoms with Gasteiger partial charge in [0.05, 0.1) is 28.9 Å². The van der Waals surface area contributed by atoms with Gasteiger partial charge in [0.15, 0.2) is 0 Å². The predicted octanol–water partition coefficient (Wildman–Crippen LogP) is 12.1. The van der Waals surface area contributed by atoms with E-state index in [1.54, 1.807) is 0 Å². The number of para-hydroxylation sites is 2. The monoisotopic (exact) mass is 666 g/mol. The molecule has 5 nitrogen and oxygen atoms in total. The van der Waals surface area contributed by atoms with Crippen molar-refractivity contribution in [1.29, 1.82) is 0 Å². The van der Waals surface area contributed by atoms with Crippen molar-refractivity contribution in [2.45, 2.75) is 41.5 Å². The summed E-state index contributed by atoms with van der Waals surface area (Å²) in [5.74, 6) is 1.53. The third kappa shape index (κ3) is 6.06. The van der Waals surface area contributed by atoms with E-state index in [-0.39, 0.29) is 0 Å². The van der Waals surface area contributed by atoms with Crippen molar-refractivity contribution in [3.05, 3.63) is 167 Å². The Labute approximate surface area is 301 Å². The molecule has 51 heavy (non-hydrogen) atoms. The van der Waals surface area contributed by atoms with Crippen LogP contribution in [0.25, 0.3) is 27.9 Å². The lowest BCUT2D eigenvalue weighted by Crippen LogP contribution is -2.25. The molecule has 0 bridgehead atoms. The summed E-state index contributed by atoms with van der Waals surface area (Å²) in [7, 11) is 0. The highest BCUT2D eigenvalue weighted by Gasteiger charge is 2.31. The lowest BCUT2D eigenvalue weighted by molar-refractivity contribution is 0.482. The number of rotatable bonds is 7. The van der Waals surface area contributed by atoms with E-state index >= 15 is 0 Å². The highest BCUT2D eigenvalue weighted by Crippen LogP contribution is 2.49. The van der Waals surface area contributed by atoms with E-state index in [0.717, 1.165) is 34.0 Å². The minimum atomic E-state index is 0.684. The standard InChI is InChI=1S/C46H42N4O/c1-30-21-32(3)45(33(4)22-30)41-20-19-40(51-39-16-12-15-38(25-39)50-28-37(27-47-50)36-13-8-7-9-14-36)26-44(41)48-29-49(43-18-11-10-17-42(43)48)46-34(5)23-31(2)24-35(46)6/h7-28H,29H2,1-6H3. The van der Waals surface area contributed by atoms with Crippen LogP contribution in [0.5, 0.6) is 11.5 Å². The Morgan fingerprint density at radius 2 is 1.16 bits per heavy atom. The van der Waals surface area contributed by atoms with Crippen LogP contribution in [0.2, 0.25) is 0 Å². The molecule has 7 aromatic rings. The van der Waals surface area contributed by atoms with Gasteiger partial charge in [0, 0.05) is 35.1 Å². The van der Waals surface area contributed by atoms with Crippen molar-refractivity contribution in [2.24, 2.45) is 0 Å². The lowest BCUT2D eigenvalue weighted by atomic mass is 9.92. The minimum Gasteiger partial charge on any atom is -0.457 e. The van der Waals surface area contributed by atoms with Gasteiger partial charge in [-0.2, -0.15) is 5.10 Å². The largest absolute Gasteiger partial charge is 0.457 e. The summed E-state index contributed by atoms with van der Waals surface area (Å²) in [6.07, 6.45) is 3.96. The molecule has 0 atom stereocenters. The Bertz CT molecular complexity index is 2360. The first-order valence-corrected chi connectivity index (χ1v) is 17.6. The Balaban J connectivity index is 1.21. The van der Waals surface area contributed by atoms with Crippen LogP contribution in [0.4, 0.5) is 22.7 Å². The molecule has 252 valence electrons. The molecule has 0 unspecified atom stereocenters. The van der Waals surface area contributed by atoms with Crippen molar-refractivity contribution in [2.75, 3.05) is 16.5 Å². The second-order valence-electron chi connectivity index (χ2n) is 13.8. The Morgan fingerprint density at radius 3 is 1.86 bits per heavy atom. The second-order valence-corrected chi connectivity index (χ2v) is 13.8.